The van der Waals surface area contributed by atoms with Crippen molar-refractivity contribution in [3.8, 4) is 0 Å². The summed E-state index contributed by atoms with van der Waals surface area (Å²) in [6.07, 6.45) is 6.62. The van der Waals surface area contributed by atoms with Gasteiger partial charge in [-0.05, 0) is 19.8 Å². The van der Waals surface area contributed by atoms with Gasteiger partial charge < -0.3 is 10.4 Å². The first-order chi connectivity index (χ1) is 7.60. The van der Waals surface area contributed by atoms with Gasteiger partial charge in [0, 0.05) is 19.0 Å². The third-order valence-corrected chi connectivity index (χ3v) is 2.09. The Bertz CT molecular complexity index is 293. The highest BCUT2D eigenvalue weighted by molar-refractivity contribution is 5.87. The third kappa shape index (κ3) is 7.79. The van der Waals surface area contributed by atoms with E-state index in [1.807, 2.05) is 19.9 Å². The molecule has 16 heavy (non-hydrogen) atoms. The maximum absolute atomic E-state index is 11.3. The summed E-state index contributed by atoms with van der Waals surface area (Å²) in [4.78, 5) is 21.5. The summed E-state index contributed by atoms with van der Waals surface area (Å²) in [5.74, 6) is -1.02. The van der Waals surface area contributed by atoms with Crippen LogP contribution >= 0.6 is 0 Å². The van der Waals surface area contributed by atoms with E-state index in [2.05, 4.69) is 5.32 Å². The van der Waals surface area contributed by atoms with E-state index in [4.69, 9.17) is 5.11 Å². The lowest BCUT2D eigenvalue weighted by atomic mass is 10.2. The zero-order chi connectivity index (χ0) is 12.4. The molecule has 0 bridgehead atoms. The number of carbonyl (C=O) groups is 2. The van der Waals surface area contributed by atoms with Crippen LogP contribution in [-0.2, 0) is 9.59 Å². The lowest BCUT2D eigenvalue weighted by Crippen LogP contribution is -2.22. The van der Waals surface area contributed by atoms with Crippen LogP contribution in [0.5, 0.6) is 0 Å². The fraction of sp³-hybridized carbons (Fsp3) is 0.500. The number of amides is 1. The van der Waals surface area contributed by atoms with Gasteiger partial charge in [-0.15, -0.1) is 0 Å². The number of aliphatic carboxylic acids is 1. The first kappa shape index (κ1) is 14.4. The molecule has 0 rings (SSSR count). The van der Waals surface area contributed by atoms with E-state index in [0.29, 0.717) is 13.0 Å². The summed E-state index contributed by atoms with van der Waals surface area (Å²) < 4.78 is 0. The third-order valence-electron chi connectivity index (χ3n) is 2.09. The first-order valence-corrected chi connectivity index (χ1v) is 5.43. The van der Waals surface area contributed by atoms with Crippen LogP contribution in [0.15, 0.2) is 23.8 Å². The zero-order valence-corrected chi connectivity index (χ0v) is 9.82. The second-order valence-electron chi connectivity index (χ2n) is 3.34. The Morgan fingerprint density at radius 1 is 1.31 bits per heavy atom. The van der Waals surface area contributed by atoms with Crippen molar-refractivity contribution >= 4 is 11.9 Å². The Morgan fingerprint density at radius 2 is 2.00 bits per heavy atom. The molecule has 0 aliphatic heterocycles. The molecule has 0 spiro atoms. The molecule has 0 unspecified atom stereocenters. The van der Waals surface area contributed by atoms with Crippen molar-refractivity contribution in [3.05, 3.63) is 23.8 Å². The fourth-order valence-electron chi connectivity index (χ4n) is 1.11. The van der Waals surface area contributed by atoms with Crippen molar-refractivity contribution in [2.24, 2.45) is 0 Å². The lowest BCUT2D eigenvalue weighted by molar-refractivity contribution is -0.137. The van der Waals surface area contributed by atoms with Crippen molar-refractivity contribution in [1.29, 1.82) is 0 Å². The highest BCUT2D eigenvalue weighted by atomic mass is 16.4. The quantitative estimate of drug-likeness (QED) is 0.395. The van der Waals surface area contributed by atoms with E-state index < -0.39 is 5.97 Å². The SMILES string of the molecule is CC=C(C=CC(=O)NCCCC(=O)O)CC. The van der Waals surface area contributed by atoms with Gasteiger partial charge in [0.1, 0.15) is 0 Å². The van der Waals surface area contributed by atoms with Crippen molar-refractivity contribution in [3.63, 3.8) is 0 Å². The molecule has 2 N–H and O–H groups in total. The maximum Gasteiger partial charge on any atom is 0.303 e. The fourth-order valence-corrected chi connectivity index (χ4v) is 1.11. The maximum atomic E-state index is 11.3. The van der Waals surface area contributed by atoms with Crippen LogP contribution in [0.25, 0.3) is 0 Å². The smallest absolute Gasteiger partial charge is 0.303 e. The van der Waals surface area contributed by atoms with Gasteiger partial charge in [-0.25, -0.2) is 0 Å². The Balaban J connectivity index is 3.78. The molecule has 0 aromatic heterocycles. The molecule has 0 aliphatic carbocycles. The van der Waals surface area contributed by atoms with Crippen molar-refractivity contribution in [2.75, 3.05) is 6.54 Å². The van der Waals surface area contributed by atoms with E-state index in [1.54, 1.807) is 6.08 Å². The van der Waals surface area contributed by atoms with Gasteiger partial charge in [0.15, 0.2) is 0 Å². The molecule has 0 atom stereocenters. The first-order valence-electron chi connectivity index (χ1n) is 5.43. The highest BCUT2D eigenvalue weighted by Crippen LogP contribution is 2.01. The van der Waals surface area contributed by atoms with Crippen LogP contribution in [0.4, 0.5) is 0 Å². The number of carboxylic acid groups (broad SMARTS) is 1. The highest BCUT2D eigenvalue weighted by Gasteiger charge is 1.98. The van der Waals surface area contributed by atoms with E-state index in [9.17, 15) is 9.59 Å². The molecule has 4 nitrogen and oxygen atoms in total. The van der Waals surface area contributed by atoms with E-state index in [0.717, 1.165) is 12.0 Å². The van der Waals surface area contributed by atoms with Crippen LogP contribution in [0.1, 0.15) is 33.1 Å². The van der Waals surface area contributed by atoms with E-state index >= 15 is 0 Å². The van der Waals surface area contributed by atoms with Gasteiger partial charge in [-0.2, -0.15) is 0 Å². The summed E-state index contributed by atoms with van der Waals surface area (Å²) >= 11 is 0. The molecule has 90 valence electrons. The summed E-state index contributed by atoms with van der Waals surface area (Å²) in [6, 6.07) is 0. The average molecular weight is 225 g/mol. The van der Waals surface area contributed by atoms with Crippen LogP contribution < -0.4 is 5.32 Å². The molecule has 1 amide bonds. The second-order valence-corrected chi connectivity index (χ2v) is 3.34. The number of carbonyl (C=O) groups excluding carboxylic acids is 1. The Hall–Kier alpha value is -1.58. The predicted octanol–water partition coefficient (Wildman–Crippen LogP) is 1.88. The number of carboxylic acids is 1. The number of hydrogen-bond acceptors (Lipinski definition) is 2. The van der Waals surface area contributed by atoms with Gasteiger partial charge in [-0.1, -0.05) is 24.6 Å². The Labute approximate surface area is 96.0 Å². The summed E-state index contributed by atoms with van der Waals surface area (Å²) in [5, 5.41) is 11.0. The van der Waals surface area contributed by atoms with Gasteiger partial charge in [0.05, 0.1) is 0 Å². The number of nitrogens with one attached hydrogen (secondary N) is 1. The molecule has 0 aromatic carbocycles. The summed E-state index contributed by atoms with van der Waals surface area (Å²) in [7, 11) is 0. The van der Waals surface area contributed by atoms with Crippen molar-refractivity contribution in [2.45, 2.75) is 33.1 Å². The molecule has 0 aliphatic rings. The van der Waals surface area contributed by atoms with Gasteiger partial charge in [0.25, 0.3) is 0 Å². The summed E-state index contributed by atoms with van der Waals surface area (Å²) in [5.41, 5.74) is 1.10. The van der Waals surface area contributed by atoms with Crippen molar-refractivity contribution in [1.82, 2.24) is 5.32 Å². The predicted molar refractivity (Wildman–Crippen MR) is 63.1 cm³/mol. The molecular formula is C12H19NO3. The molecular weight excluding hydrogens is 206 g/mol. The lowest BCUT2D eigenvalue weighted by Gasteiger charge is -2.00. The standard InChI is InChI=1S/C12H19NO3/c1-3-10(4-2)7-8-11(14)13-9-5-6-12(15)16/h3,7-8H,4-6,9H2,1-2H3,(H,13,14)(H,15,16). The molecule has 0 saturated heterocycles. The zero-order valence-electron chi connectivity index (χ0n) is 9.82. The molecule has 0 saturated carbocycles. The molecule has 4 heteroatoms. The topological polar surface area (TPSA) is 66.4 Å². The number of rotatable bonds is 7. The van der Waals surface area contributed by atoms with Crippen LogP contribution in [0.3, 0.4) is 0 Å². The van der Waals surface area contributed by atoms with Crippen LogP contribution in [-0.4, -0.2) is 23.5 Å². The molecule has 0 aromatic rings. The number of hydrogen-bond donors (Lipinski definition) is 2. The van der Waals surface area contributed by atoms with Gasteiger partial charge in [0.2, 0.25) is 5.91 Å². The summed E-state index contributed by atoms with van der Waals surface area (Å²) in [6.45, 7) is 4.34. The molecule has 0 fully saturated rings. The molecule has 0 heterocycles. The Morgan fingerprint density at radius 3 is 2.50 bits per heavy atom. The van der Waals surface area contributed by atoms with E-state index in [-0.39, 0.29) is 12.3 Å². The minimum absolute atomic E-state index is 0.0824. The van der Waals surface area contributed by atoms with Gasteiger partial charge >= 0.3 is 5.97 Å². The minimum Gasteiger partial charge on any atom is -0.481 e. The molecule has 0 radical (unpaired) electrons. The Kier molecular flexibility index (Phi) is 7.85. The average Bonchev–Trinajstić information content (AvgIpc) is 2.25. The largest absolute Gasteiger partial charge is 0.481 e. The van der Waals surface area contributed by atoms with Gasteiger partial charge in [-0.3, -0.25) is 9.59 Å². The van der Waals surface area contributed by atoms with Crippen LogP contribution in [0.2, 0.25) is 0 Å². The minimum atomic E-state index is -0.841. The van der Waals surface area contributed by atoms with Crippen LogP contribution in [0, 0.1) is 0 Å². The number of allylic oxidation sites excluding steroid dienone is 3. The normalized spacial score (nSPS) is 11.8. The van der Waals surface area contributed by atoms with Crippen molar-refractivity contribution < 1.29 is 14.7 Å². The van der Waals surface area contributed by atoms with E-state index in [1.165, 1.54) is 6.08 Å². The second kappa shape index (κ2) is 8.71. The monoisotopic (exact) mass is 225 g/mol.